The minimum absolute atomic E-state index is 0.392. The van der Waals surface area contributed by atoms with Crippen LogP contribution < -0.4 is 0 Å². The Hall–Kier alpha value is -2.79. The van der Waals surface area contributed by atoms with Crippen molar-refractivity contribution in [1.29, 1.82) is 0 Å². The highest BCUT2D eigenvalue weighted by atomic mass is 16.5. The smallest absolute Gasteiger partial charge is 0.134 e. The Labute approximate surface area is 151 Å². The molecule has 1 aromatic carbocycles. The van der Waals surface area contributed by atoms with E-state index in [2.05, 4.69) is 27.8 Å². The van der Waals surface area contributed by atoms with Crippen molar-refractivity contribution in [2.75, 3.05) is 13.2 Å². The van der Waals surface area contributed by atoms with Gasteiger partial charge < -0.3 is 18.8 Å². The molecule has 1 saturated heterocycles. The van der Waals surface area contributed by atoms with Crippen molar-refractivity contribution < 1.29 is 14.3 Å². The number of furan rings is 1. The van der Waals surface area contributed by atoms with Gasteiger partial charge in [-0.05, 0) is 48.8 Å². The Balaban J connectivity index is 1.44. The van der Waals surface area contributed by atoms with Crippen molar-refractivity contribution in [1.82, 2.24) is 9.55 Å². The maximum Gasteiger partial charge on any atom is 0.134 e. The number of allylic oxidation sites excluding steroid dienone is 3. The predicted octanol–water partition coefficient (Wildman–Crippen LogP) is 4.88. The van der Waals surface area contributed by atoms with Gasteiger partial charge in [0.05, 0.1) is 29.4 Å². The molecule has 1 aliphatic carbocycles. The summed E-state index contributed by atoms with van der Waals surface area (Å²) in [5, 5.41) is 9.57. The first kappa shape index (κ1) is 15.5. The van der Waals surface area contributed by atoms with Crippen molar-refractivity contribution in [2.24, 2.45) is 0 Å². The number of rotatable bonds is 3. The molecule has 5 nitrogen and oxygen atoms in total. The van der Waals surface area contributed by atoms with Gasteiger partial charge in [-0.1, -0.05) is 6.08 Å². The van der Waals surface area contributed by atoms with E-state index in [1.54, 1.807) is 12.3 Å². The van der Waals surface area contributed by atoms with E-state index in [-0.39, 0.29) is 0 Å². The van der Waals surface area contributed by atoms with E-state index >= 15 is 0 Å². The SMILES string of the molecule is OC1=CC=C(c2coc(-c3ccc4c(c3)ncn4C3CCOCC3)c2)C1. The first-order chi connectivity index (χ1) is 12.8. The highest BCUT2D eigenvalue weighted by molar-refractivity contribution is 5.82. The van der Waals surface area contributed by atoms with Gasteiger partial charge >= 0.3 is 0 Å². The lowest BCUT2D eigenvalue weighted by Crippen LogP contribution is -2.18. The molecule has 5 rings (SSSR count). The molecule has 0 bridgehead atoms. The summed E-state index contributed by atoms with van der Waals surface area (Å²) in [4.78, 5) is 4.60. The number of aromatic nitrogens is 2. The van der Waals surface area contributed by atoms with Crippen LogP contribution in [0, 0.1) is 0 Å². The van der Waals surface area contributed by atoms with Gasteiger partial charge in [0.1, 0.15) is 5.76 Å². The maximum absolute atomic E-state index is 9.57. The molecule has 3 heterocycles. The van der Waals surface area contributed by atoms with Crippen molar-refractivity contribution >= 4 is 16.6 Å². The third-order valence-corrected chi connectivity index (χ3v) is 5.26. The van der Waals surface area contributed by atoms with Gasteiger partial charge in [0.15, 0.2) is 0 Å². The number of aliphatic hydroxyl groups excluding tert-OH is 1. The van der Waals surface area contributed by atoms with E-state index in [4.69, 9.17) is 9.15 Å². The summed E-state index contributed by atoms with van der Waals surface area (Å²) in [5.41, 5.74) is 5.22. The molecular weight excluding hydrogens is 328 g/mol. The number of ether oxygens (including phenoxy) is 1. The fourth-order valence-electron chi connectivity index (χ4n) is 3.80. The molecular formula is C21H20N2O3. The Bertz CT molecular complexity index is 1020. The molecule has 0 amide bonds. The van der Waals surface area contributed by atoms with Crippen LogP contribution in [0.1, 0.15) is 30.9 Å². The molecule has 1 aliphatic heterocycles. The zero-order valence-corrected chi connectivity index (χ0v) is 14.4. The second kappa shape index (κ2) is 6.18. The van der Waals surface area contributed by atoms with E-state index < -0.39 is 0 Å². The third-order valence-electron chi connectivity index (χ3n) is 5.26. The van der Waals surface area contributed by atoms with Crippen LogP contribution in [0.25, 0.3) is 27.9 Å². The van der Waals surface area contributed by atoms with Gasteiger partial charge in [0, 0.05) is 36.8 Å². The Morgan fingerprint density at radius 1 is 1.08 bits per heavy atom. The normalized spacial score (nSPS) is 18.3. The fraction of sp³-hybridized carbons (Fsp3) is 0.286. The quantitative estimate of drug-likeness (QED) is 0.733. The Morgan fingerprint density at radius 2 is 1.96 bits per heavy atom. The number of nitrogens with zero attached hydrogens (tertiary/aromatic N) is 2. The number of imidazole rings is 1. The molecule has 1 N–H and O–H groups in total. The molecule has 132 valence electrons. The zero-order chi connectivity index (χ0) is 17.5. The van der Waals surface area contributed by atoms with Gasteiger partial charge in [-0.3, -0.25) is 0 Å². The number of hydrogen-bond acceptors (Lipinski definition) is 4. The minimum atomic E-state index is 0.392. The average molecular weight is 348 g/mol. The number of benzene rings is 1. The third kappa shape index (κ3) is 2.65. The summed E-state index contributed by atoms with van der Waals surface area (Å²) in [6.45, 7) is 1.63. The second-order valence-electron chi connectivity index (χ2n) is 6.93. The molecule has 2 aromatic heterocycles. The van der Waals surface area contributed by atoms with E-state index in [0.717, 1.165) is 59.5 Å². The summed E-state index contributed by atoms with van der Waals surface area (Å²) in [7, 11) is 0. The zero-order valence-electron chi connectivity index (χ0n) is 14.4. The van der Waals surface area contributed by atoms with Crippen LogP contribution in [0.3, 0.4) is 0 Å². The molecule has 0 spiro atoms. The predicted molar refractivity (Wildman–Crippen MR) is 99.8 cm³/mol. The minimum Gasteiger partial charge on any atom is -0.512 e. The molecule has 0 radical (unpaired) electrons. The second-order valence-corrected chi connectivity index (χ2v) is 6.93. The first-order valence-electron chi connectivity index (χ1n) is 9.00. The van der Waals surface area contributed by atoms with Crippen molar-refractivity contribution in [3.63, 3.8) is 0 Å². The molecule has 26 heavy (non-hydrogen) atoms. The summed E-state index contributed by atoms with van der Waals surface area (Å²) in [6, 6.07) is 8.77. The Morgan fingerprint density at radius 3 is 2.77 bits per heavy atom. The number of hydrogen-bond donors (Lipinski definition) is 1. The number of aliphatic hydroxyl groups is 1. The van der Waals surface area contributed by atoms with E-state index in [1.165, 1.54) is 0 Å². The van der Waals surface area contributed by atoms with Crippen molar-refractivity contribution in [2.45, 2.75) is 25.3 Å². The van der Waals surface area contributed by atoms with Gasteiger partial charge in [-0.15, -0.1) is 0 Å². The first-order valence-corrected chi connectivity index (χ1v) is 9.00. The van der Waals surface area contributed by atoms with Crippen LogP contribution in [0.2, 0.25) is 0 Å². The average Bonchev–Trinajstić information content (AvgIpc) is 3.41. The summed E-state index contributed by atoms with van der Waals surface area (Å²) >= 11 is 0. The van der Waals surface area contributed by atoms with Crippen LogP contribution >= 0.6 is 0 Å². The molecule has 0 unspecified atom stereocenters. The van der Waals surface area contributed by atoms with Gasteiger partial charge in [0.25, 0.3) is 0 Å². The van der Waals surface area contributed by atoms with Gasteiger partial charge in [-0.25, -0.2) is 4.98 Å². The Kier molecular flexibility index (Phi) is 3.68. The topological polar surface area (TPSA) is 60.4 Å². The summed E-state index contributed by atoms with van der Waals surface area (Å²) in [6.07, 6.45) is 9.98. The lowest BCUT2D eigenvalue weighted by molar-refractivity contribution is 0.0706. The molecule has 2 aliphatic rings. The standard InChI is InChI=1S/C21H20N2O3/c24-18-3-1-14(9-18)16-11-21(26-12-16)15-2-4-20-19(10-15)22-13-23(20)17-5-7-25-8-6-17/h1-4,10-13,17,24H,5-9H2. The van der Waals surface area contributed by atoms with E-state index in [1.807, 2.05) is 18.5 Å². The highest BCUT2D eigenvalue weighted by Crippen LogP contribution is 2.33. The fourth-order valence-corrected chi connectivity index (χ4v) is 3.80. The van der Waals surface area contributed by atoms with Crippen LogP contribution in [-0.4, -0.2) is 27.9 Å². The van der Waals surface area contributed by atoms with Gasteiger partial charge in [-0.2, -0.15) is 0 Å². The van der Waals surface area contributed by atoms with Crippen molar-refractivity contribution in [3.05, 3.63) is 60.3 Å². The van der Waals surface area contributed by atoms with Crippen LogP contribution in [0.15, 0.2) is 59.2 Å². The monoisotopic (exact) mass is 348 g/mol. The van der Waals surface area contributed by atoms with E-state index in [0.29, 0.717) is 18.2 Å². The highest BCUT2D eigenvalue weighted by Gasteiger charge is 2.18. The molecule has 0 saturated carbocycles. The lowest BCUT2D eigenvalue weighted by atomic mass is 10.1. The van der Waals surface area contributed by atoms with E-state index in [9.17, 15) is 5.11 Å². The molecule has 5 heteroatoms. The van der Waals surface area contributed by atoms with Crippen LogP contribution in [0.4, 0.5) is 0 Å². The lowest BCUT2D eigenvalue weighted by Gasteiger charge is -2.23. The molecule has 3 aromatic rings. The maximum atomic E-state index is 9.57. The largest absolute Gasteiger partial charge is 0.512 e. The summed E-state index contributed by atoms with van der Waals surface area (Å²) in [5.74, 6) is 1.21. The van der Waals surface area contributed by atoms with Crippen molar-refractivity contribution in [3.8, 4) is 11.3 Å². The van der Waals surface area contributed by atoms with Crippen LogP contribution in [0.5, 0.6) is 0 Å². The molecule has 1 fully saturated rings. The van der Waals surface area contributed by atoms with Gasteiger partial charge in [0.2, 0.25) is 0 Å². The molecule has 0 atom stereocenters. The number of fused-ring (bicyclic) bond motifs is 1. The van der Waals surface area contributed by atoms with Crippen LogP contribution in [-0.2, 0) is 4.74 Å². The summed E-state index contributed by atoms with van der Waals surface area (Å²) < 4.78 is 13.5.